The molecule has 0 bridgehead atoms. The number of para-hydroxylation sites is 1. The number of carbonyl (C=O) groups excluding carboxylic acids is 2. The highest BCUT2D eigenvalue weighted by atomic mass is 16.5. The van der Waals surface area contributed by atoms with Gasteiger partial charge in [-0.15, -0.1) is 0 Å². The van der Waals surface area contributed by atoms with Crippen LogP contribution in [0, 0.1) is 20.8 Å². The molecule has 0 aliphatic rings. The Hall–Kier alpha value is -3.81. The molecule has 0 aliphatic carbocycles. The quantitative estimate of drug-likeness (QED) is 0.584. The largest absolute Gasteiger partial charge is 0.493 e. The Bertz CT molecular complexity index is 1100. The van der Waals surface area contributed by atoms with Crippen LogP contribution in [0.5, 0.6) is 11.5 Å². The molecule has 1 heterocycles. The summed E-state index contributed by atoms with van der Waals surface area (Å²) in [5.41, 5.74) is 4.23. The zero-order valence-corrected chi connectivity index (χ0v) is 18.2. The number of nitrogens with zero attached hydrogens (tertiary/aromatic N) is 2. The van der Waals surface area contributed by atoms with Gasteiger partial charge in [0.05, 0.1) is 37.0 Å². The molecule has 162 valence electrons. The van der Waals surface area contributed by atoms with Crippen molar-refractivity contribution in [1.29, 1.82) is 0 Å². The fraction of sp³-hybridized carbons (Fsp3) is 0.261. The average Bonchev–Trinajstić information content (AvgIpc) is 3.05. The van der Waals surface area contributed by atoms with E-state index in [0.29, 0.717) is 17.1 Å². The molecule has 8 heteroatoms. The second-order valence-electron chi connectivity index (χ2n) is 6.96. The minimum atomic E-state index is -0.685. The summed E-state index contributed by atoms with van der Waals surface area (Å²) in [4.78, 5) is 24.9. The molecule has 0 atom stereocenters. The first-order valence-electron chi connectivity index (χ1n) is 9.67. The molecule has 2 aromatic carbocycles. The predicted octanol–water partition coefficient (Wildman–Crippen LogP) is 3.61. The van der Waals surface area contributed by atoms with Crippen molar-refractivity contribution in [3.05, 3.63) is 65.0 Å². The van der Waals surface area contributed by atoms with Gasteiger partial charge in [0.25, 0.3) is 5.91 Å². The van der Waals surface area contributed by atoms with Gasteiger partial charge in [-0.2, -0.15) is 5.10 Å². The van der Waals surface area contributed by atoms with Crippen LogP contribution in [0.2, 0.25) is 0 Å². The number of carbonyl (C=O) groups is 2. The van der Waals surface area contributed by atoms with E-state index in [0.717, 1.165) is 16.9 Å². The lowest BCUT2D eigenvalue weighted by molar-refractivity contribution is -0.119. The van der Waals surface area contributed by atoms with E-state index >= 15 is 0 Å². The van der Waals surface area contributed by atoms with Gasteiger partial charge in [-0.1, -0.05) is 23.8 Å². The summed E-state index contributed by atoms with van der Waals surface area (Å²) in [5, 5.41) is 7.29. The van der Waals surface area contributed by atoms with Crippen molar-refractivity contribution in [2.45, 2.75) is 20.8 Å². The van der Waals surface area contributed by atoms with Gasteiger partial charge < -0.3 is 19.5 Å². The predicted molar refractivity (Wildman–Crippen MR) is 116 cm³/mol. The van der Waals surface area contributed by atoms with Gasteiger partial charge >= 0.3 is 5.97 Å². The molecule has 0 aliphatic heterocycles. The van der Waals surface area contributed by atoms with Gasteiger partial charge in [0.1, 0.15) is 5.56 Å². The number of amides is 1. The van der Waals surface area contributed by atoms with Gasteiger partial charge in [-0.25, -0.2) is 9.48 Å². The van der Waals surface area contributed by atoms with Crippen LogP contribution in [0.15, 0.2) is 42.5 Å². The van der Waals surface area contributed by atoms with Crippen LogP contribution in [0.25, 0.3) is 5.69 Å². The summed E-state index contributed by atoms with van der Waals surface area (Å²) in [6.45, 7) is 5.23. The third kappa shape index (κ3) is 4.69. The van der Waals surface area contributed by atoms with E-state index in [1.54, 1.807) is 29.8 Å². The molecule has 3 aromatic rings. The maximum absolute atomic E-state index is 12.4. The lowest BCUT2D eigenvalue weighted by Crippen LogP contribution is -2.22. The van der Waals surface area contributed by atoms with Gasteiger partial charge in [-0.05, 0) is 45.0 Å². The SMILES string of the molecule is COc1cccc(C(=O)OCC(=O)Nc2c(C)nn(-c3ccc(C)cc3)c2C)c1OC. The summed E-state index contributed by atoms with van der Waals surface area (Å²) in [7, 11) is 2.90. The molecule has 8 nitrogen and oxygen atoms in total. The van der Waals surface area contributed by atoms with E-state index < -0.39 is 18.5 Å². The molecule has 0 saturated heterocycles. The van der Waals surface area contributed by atoms with Crippen molar-refractivity contribution in [3.63, 3.8) is 0 Å². The molecule has 1 aromatic heterocycles. The van der Waals surface area contributed by atoms with Gasteiger partial charge in [0.15, 0.2) is 18.1 Å². The Balaban J connectivity index is 1.69. The average molecular weight is 423 g/mol. The second kappa shape index (κ2) is 9.34. The Morgan fingerprint density at radius 2 is 1.71 bits per heavy atom. The van der Waals surface area contributed by atoms with Gasteiger partial charge in [-0.3, -0.25) is 4.79 Å². The molecular formula is C23H25N3O5. The number of esters is 1. The van der Waals surface area contributed by atoms with E-state index in [1.807, 2.05) is 38.1 Å². The number of anilines is 1. The third-order valence-electron chi connectivity index (χ3n) is 4.79. The van der Waals surface area contributed by atoms with Crippen molar-refractivity contribution in [2.24, 2.45) is 0 Å². The molecule has 0 spiro atoms. The molecule has 0 fully saturated rings. The number of aromatic nitrogens is 2. The summed E-state index contributed by atoms with van der Waals surface area (Å²) in [6, 6.07) is 12.8. The number of rotatable bonds is 7. The lowest BCUT2D eigenvalue weighted by Gasteiger charge is -2.12. The maximum Gasteiger partial charge on any atom is 0.342 e. The van der Waals surface area contributed by atoms with Crippen LogP contribution in [-0.2, 0) is 9.53 Å². The zero-order chi connectivity index (χ0) is 22.5. The number of nitrogens with one attached hydrogen (secondary N) is 1. The maximum atomic E-state index is 12.4. The second-order valence-corrected chi connectivity index (χ2v) is 6.96. The molecule has 1 N–H and O–H groups in total. The van der Waals surface area contributed by atoms with Crippen molar-refractivity contribution in [3.8, 4) is 17.2 Å². The molecule has 31 heavy (non-hydrogen) atoms. The van der Waals surface area contributed by atoms with Gasteiger partial charge in [0.2, 0.25) is 0 Å². The first-order chi connectivity index (χ1) is 14.8. The Morgan fingerprint density at radius 3 is 2.35 bits per heavy atom. The molecule has 0 saturated carbocycles. The van der Waals surface area contributed by atoms with Crippen LogP contribution < -0.4 is 14.8 Å². The standard InChI is InChI=1S/C23H25N3O5/c1-14-9-11-17(12-10-14)26-16(3)21(15(2)25-26)24-20(27)13-31-23(28)18-7-6-8-19(29-4)22(18)30-5/h6-12H,13H2,1-5H3,(H,24,27). The third-order valence-corrected chi connectivity index (χ3v) is 4.79. The number of methoxy groups -OCH3 is 2. The summed E-state index contributed by atoms with van der Waals surface area (Å²) >= 11 is 0. The van der Waals surface area contributed by atoms with Crippen molar-refractivity contribution in [2.75, 3.05) is 26.1 Å². The Kier molecular flexibility index (Phi) is 6.59. The highest BCUT2D eigenvalue weighted by Gasteiger charge is 2.20. The van der Waals surface area contributed by atoms with Gasteiger partial charge in [0, 0.05) is 0 Å². The fourth-order valence-electron chi connectivity index (χ4n) is 3.19. The Morgan fingerprint density at radius 1 is 1.00 bits per heavy atom. The molecule has 0 radical (unpaired) electrons. The summed E-state index contributed by atoms with van der Waals surface area (Å²) in [6.07, 6.45) is 0. The van der Waals surface area contributed by atoms with E-state index in [2.05, 4.69) is 10.4 Å². The molecule has 0 unspecified atom stereocenters. The van der Waals surface area contributed by atoms with E-state index in [1.165, 1.54) is 14.2 Å². The smallest absolute Gasteiger partial charge is 0.342 e. The number of hydrogen-bond donors (Lipinski definition) is 1. The van der Waals surface area contributed by atoms with Crippen molar-refractivity contribution >= 4 is 17.6 Å². The van der Waals surface area contributed by atoms with E-state index in [4.69, 9.17) is 14.2 Å². The first-order valence-corrected chi connectivity index (χ1v) is 9.67. The topological polar surface area (TPSA) is 91.7 Å². The van der Waals surface area contributed by atoms with E-state index in [-0.39, 0.29) is 11.3 Å². The highest BCUT2D eigenvalue weighted by Crippen LogP contribution is 2.31. The highest BCUT2D eigenvalue weighted by molar-refractivity contribution is 5.97. The van der Waals surface area contributed by atoms with Crippen LogP contribution in [0.1, 0.15) is 27.3 Å². The van der Waals surface area contributed by atoms with Crippen LogP contribution >= 0.6 is 0 Å². The van der Waals surface area contributed by atoms with Crippen LogP contribution in [0.4, 0.5) is 5.69 Å². The molecule has 1 amide bonds. The monoisotopic (exact) mass is 423 g/mol. The molecular weight excluding hydrogens is 398 g/mol. The van der Waals surface area contributed by atoms with Crippen LogP contribution in [0.3, 0.4) is 0 Å². The van der Waals surface area contributed by atoms with E-state index in [9.17, 15) is 9.59 Å². The summed E-state index contributed by atoms with van der Waals surface area (Å²) < 4.78 is 17.4. The summed E-state index contributed by atoms with van der Waals surface area (Å²) in [5.74, 6) is -0.503. The Labute approximate surface area is 180 Å². The normalized spacial score (nSPS) is 10.5. The van der Waals surface area contributed by atoms with Crippen molar-refractivity contribution in [1.82, 2.24) is 9.78 Å². The zero-order valence-electron chi connectivity index (χ0n) is 18.2. The van der Waals surface area contributed by atoms with Crippen molar-refractivity contribution < 1.29 is 23.8 Å². The number of aryl methyl sites for hydroxylation is 2. The number of ether oxygens (including phenoxy) is 3. The first kappa shape index (κ1) is 21.9. The number of hydrogen-bond acceptors (Lipinski definition) is 6. The minimum Gasteiger partial charge on any atom is -0.493 e. The minimum absolute atomic E-state index is 0.175. The number of benzene rings is 2. The lowest BCUT2D eigenvalue weighted by atomic mass is 10.2. The van der Waals surface area contributed by atoms with Crippen LogP contribution in [-0.4, -0.2) is 42.5 Å². The fourth-order valence-corrected chi connectivity index (χ4v) is 3.19. The molecule has 3 rings (SSSR count).